The summed E-state index contributed by atoms with van der Waals surface area (Å²) in [7, 11) is 0. The number of H-pyrrole nitrogens is 1. The van der Waals surface area contributed by atoms with E-state index in [0.29, 0.717) is 5.57 Å². The molecule has 0 fully saturated rings. The zero-order valence-corrected chi connectivity index (χ0v) is 19.3. The fraction of sp³-hybridized carbons (Fsp3) is 0.240. The summed E-state index contributed by atoms with van der Waals surface area (Å²) >= 11 is 0. The highest BCUT2D eigenvalue weighted by Crippen LogP contribution is 2.09. The van der Waals surface area contributed by atoms with Crippen LogP contribution < -0.4 is 21.9 Å². The number of hydrogen-bond donors (Lipinski definition) is 4. The summed E-state index contributed by atoms with van der Waals surface area (Å²) in [5.74, 6) is -2.63. The van der Waals surface area contributed by atoms with Gasteiger partial charge in [-0.2, -0.15) is 0 Å². The van der Waals surface area contributed by atoms with Crippen molar-refractivity contribution >= 4 is 17.8 Å². The molecule has 0 spiro atoms. The summed E-state index contributed by atoms with van der Waals surface area (Å²) < 4.78 is 1.01. The lowest BCUT2D eigenvalue weighted by molar-refractivity contribution is -0.142. The van der Waals surface area contributed by atoms with E-state index in [9.17, 15) is 29.1 Å². The normalized spacial score (nSPS) is 12.8. The van der Waals surface area contributed by atoms with Gasteiger partial charge >= 0.3 is 11.7 Å². The number of rotatable bonds is 12. The fourth-order valence-corrected chi connectivity index (χ4v) is 3.27. The van der Waals surface area contributed by atoms with E-state index in [1.807, 2.05) is 0 Å². The molecule has 2 amide bonds. The number of carbonyl (C=O) groups excluding carboxylic acids is 2. The minimum absolute atomic E-state index is 0.0331. The maximum absolute atomic E-state index is 13.1. The van der Waals surface area contributed by atoms with E-state index in [1.54, 1.807) is 36.4 Å². The molecule has 35 heavy (non-hydrogen) atoms. The topological polar surface area (TPSA) is 150 Å². The summed E-state index contributed by atoms with van der Waals surface area (Å²) in [4.78, 5) is 63.2. The van der Waals surface area contributed by atoms with Gasteiger partial charge in [0.25, 0.3) is 5.56 Å². The molecule has 2 unspecified atom stereocenters. The van der Waals surface area contributed by atoms with Crippen LogP contribution in [0.4, 0.5) is 0 Å². The fourth-order valence-electron chi connectivity index (χ4n) is 3.27. The molecular weight excluding hydrogens is 452 g/mol. The first-order chi connectivity index (χ1) is 16.6. The monoisotopic (exact) mass is 480 g/mol. The number of aliphatic carboxylic acids is 1. The summed E-state index contributed by atoms with van der Waals surface area (Å²) in [6.07, 6.45) is 5.84. The van der Waals surface area contributed by atoms with Crippen molar-refractivity contribution in [3.8, 4) is 0 Å². The van der Waals surface area contributed by atoms with Crippen molar-refractivity contribution in [3.05, 3.63) is 105 Å². The maximum atomic E-state index is 13.1. The second kappa shape index (κ2) is 12.7. The second-order valence-electron chi connectivity index (χ2n) is 7.79. The standard InChI is InChI=1S/C25H28N4O6/c1-4-9-17(5-2)12-20(24(33)34)27-23(32)19(13-18-10-7-6-8-11-18)26-21(30)15-29-14-16(3)22(31)28-25(29)35/h4-11,14,19-20H,1-2,12-13,15H2,3H3,(H,26,30)(H,27,32)(H,33,34)(H,28,31,35)/b17-9+. The molecule has 2 atom stereocenters. The Morgan fingerprint density at radius 3 is 2.40 bits per heavy atom. The van der Waals surface area contributed by atoms with Gasteiger partial charge in [0.15, 0.2) is 0 Å². The molecule has 4 N–H and O–H groups in total. The van der Waals surface area contributed by atoms with Crippen molar-refractivity contribution in [1.29, 1.82) is 0 Å². The summed E-state index contributed by atoms with van der Waals surface area (Å²) in [5.41, 5.74) is 0.207. The zero-order valence-electron chi connectivity index (χ0n) is 19.3. The third-order valence-electron chi connectivity index (χ3n) is 5.09. The molecule has 10 heteroatoms. The molecule has 2 aromatic rings. The number of aromatic amines is 1. The van der Waals surface area contributed by atoms with Crippen LogP contribution in [-0.2, 0) is 27.3 Å². The first-order valence-electron chi connectivity index (χ1n) is 10.8. The molecule has 1 aromatic carbocycles. The number of carbonyl (C=O) groups is 3. The lowest BCUT2D eigenvalue weighted by atomic mass is 10.0. The van der Waals surface area contributed by atoms with Crippen molar-refractivity contribution in [1.82, 2.24) is 20.2 Å². The van der Waals surface area contributed by atoms with Crippen LogP contribution in [0.5, 0.6) is 0 Å². The minimum atomic E-state index is -1.27. The number of benzene rings is 1. The zero-order chi connectivity index (χ0) is 26.0. The number of carboxylic acid groups (broad SMARTS) is 1. The lowest BCUT2D eigenvalue weighted by Gasteiger charge is -2.22. The van der Waals surface area contributed by atoms with Crippen molar-refractivity contribution in [2.45, 2.75) is 38.4 Å². The largest absolute Gasteiger partial charge is 0.480 e. The highest BCUT2D eigenvalue weighted by Gasteiger charge is 2.27. The molecule has 0 saturated heterocycles. The Labute approximate surface area is 201 Å². The van der Waals surface area contributed by atoms with Crippen molar-refractivity contribution in [2.24, 2.45) is 0 Å². The predicted molar refractivity (Wildman–Crippen MR) is 131 cm³/mol. The first kappa shape index (κ1) is 26.8. The van der Waals surface area contributed by atoms with Crippen LogP contribution in [-0.4, -0.2) is 44.5 Å². The SMILES string of the molecule is C=C/C=C(\C=C)CC(NC(=O)C(Cc1ccccc1)NC(=O)Cn1cc(C)c(=O)[nH]c1=O)C(=O)O. The van der Waals surface area contributed by atoms with E-state index in [4.69, 9.17) is 0 Å². The summed E-state index contributed by atoms with van der Waals surface area (Å²) in [6, 6.07) is 6.47. The number of nitrogens with zero attached hydrogens (tertiary/aromatic N) is 1. The van der Waals surface area contributed by atoms with Crippen LogP contribution >= 0.6 is 0 Å². The Morgan fingerprint density at radius 1 is 1.11 bits per heavy atom. The van der Waals surface area contributed by atoms with Gasteiger partial charge in [0, 0.05) is 24.6 Å². The number of nitrogens with one attached hydrogen (secondary N) is 3. The number of allylic oxidation sites excluding steroid dienone is 3. The molecule has 1 aromatic heterocycles. The summed E-state index contributed by atoms with van der Waals surface area (Å²) in [5, 5.41) is 14.6. The van der Waals surface area contributed by atoms with E-state index in [-0.39, 0.29) is 18.4 Å². The van der Waals surface area contributed by atoms with Gasteiger partial charge in [0.1, 0.15) is 18.6 Å². The molecule has 0 aliphatic carbocycles. The third kappa shape index (κ3) is 8.11. The highest BCUT2D eigenvalue weighted by molar-refractivity contribution is 5.90. The van der Waals surface area contributed by atoms with Crippen LogP contribution in [0.2, 0.25) is 0 Å². The predicted octanol–water partition coefficient (Wildman–Crippen LogP) is 0.830. The Morgan fingerprint density at radius 2 is 1.80 bits per heavy atom. The van der Waals surface area contributed by atoms with Gasteiger partial charge in [0.05, 0.1) is 0 Å². The molecule has 0 radical (unpaired) electrons. The Balaban J connectivity index is 2.24. The Kier molecular flexibility index (Phi) is 9.71. The van der Waals surface area contributed by atoms with Crippen molar-refractivity contribution in [3.63, 3.8) is 0 Å². The number of carboxylic acids is 1. The van der Waals surface area contributed by atoms with Gasteiger partial charge in [-0.25, -0.2) is 9.59 Å². The molecule has 0 saturated carbocycles. The molecule has 1 heterocycles. The van der Waals surface area contributed by atoms with Crippen LogP contribution in [0.1, 0.15) is 17.5 Å². The highest BCUT2D eigenvalue weighted by atomic mass is 16.4. The quantitative estimate of drug-likeness (QED) is 0.331. The molecule has 2 rings (SSSR count). The summed E-state index contributed by atoms with van der Waals surface area (Å²) in [6.45, 7) is 8.25. The molecule has 0 aliphatic heterocycles. The number of aromatic nitrogens is 2. The Bertz CT molecular complexity index is 1240. The molecular formula is C25H28N4O6. The average molecular weight is 481 g/mol. The van der Waals surface area contributed by atoms with Crippen molar-refractivity contribution in [2.75, 3.05) is 0 Å². The van der Waals surface area contributed by atoms with Crippen LogP contribution in [0.3, 0.4) is 0 Å². The number of hydrogen-bond acceptors (Lipinski definition) is 5. The minimum Gasteiger partial charge on any atom is -0.480 e. The van der Waals surface area contributed by atoms with Crippen LogP contribution in [0, 0.1) is 6.92 Å². The van der Waals surface area contributed by atoms with Gasteiger partial charge in [-0.05, 0) is 18.1 Å². The van der Waals surface area contributed by atoms with Gasteiger partial charge in [-0.1, -0.05) is 61.7 Å². The molecule has 10 nitrogen and oxygen atoms in total. The van der Waals surface area contributed by atoms with Gasteiger partial charge in [0.2, 0.25) is 11.8 Å². The van der Waals surface area contributed by atoms with E-state index < -0.39 is 47.7 Å². The van der Waals surface area contributed by atoms with E-state index >= 15 is 0 Å². The lowest BCUT2D eigenvalue weighted by Crippen LogP contribution is -2.53. The second-order valence-corrected chi connectivity index (χ2v) is 7.79. The van der Waals surface area contributed by atoms with E-state index in [1.165, 1.54) is 25.3 Å². The average Bonchev–Trinajstić information content (AvgIpc) is 2.81. The first-order valence-corrected chi connectivity index (χ1v) is 10.8. The van der Waals surface area contributed by atoms with Crippen LogP contribution in [0.25, 0.3) is 0 Å². The number of aryl methyl sites for hydroxylation is 1. The maximum Gasteiger partial charge on any atom is 0.328 e. The van der Waals surface area contributed by atoms with Crippen LogP contribution in [0.15, 0.2) is 83.1 Å². The molecule has 184 valence electrons. The number of amides is 2. The van der Waals surface area contributed by atoms with Crippen molar-refractivity contribution < 1.29 is 19.5 Å². The van der Waals surface area contributed by atoms with Gasteiger partial charge in [-0.3, -0.25) is 23.9 Å². The van der Waals surface area contributed by atoms with Gasteiger partial charge < -0.3 is 15.7 Å². The van der Waals surface area contributed by atoms with E-state index in [2.05, 4.69) is 28.8 Å². The smallest absolute Gasteiger partial charge is 0.328 e. The van der Waals surface area contributed by atoms with E-state index in [0.717, 1.165) is 10.1 Å². The van der Waals surface area contributed by atoms with Gasteiger partial charge in [-0.15, -0.1) is 0 Å². The molecule has 0 aliphatic rings. The third-order valence-corrected chi connectivity index (χ3v) is 5.09. The Hall–Kier alpha value is -4.47. The molecule has 0 bridgehead atoms.